The van der Waals surface area contributed by atoms with E-state index in [9.17, 15) is 37.2 Å². The first kappa shape index (κ1) is 105. The molecular formula is C121H133N5O15S2. The number of benzene rings is 11. The van der Waals surface area contributed by atoms with E-state index in [0.717, 1.165) is 162 Å². The third-order valence-corrected chi connectivity index (χ3v) is 32.5. The molecule has 7 aliphatic rings. The Morgan fingerprint density at radius 3 is 1.19 bits per heavy atom. The first-order valence-electron chi connectivity index (χ1n) is 50.3. The number of amides is 1. The molecule has 0 spiro atoms. The van der Waals surface area contributed by atoms with Crippen LogP contribution in [0, 0.1) is 42.4 Å². The second-order valence-electron chi connectivity index (χ2n) is 39.3. The van der Waals surface area contributed by atoms with Crippen molar-refractivity contribution >= 4 is 77.8 Å². The molecule has 6 atom stereocenters. The Kier molecular flexibility index (Phi) is 36.0. The van der Waals surface area contributed by atoms with Gasteiger partial charge in [-0.1, -0.05) is 195 Å². The molecule has 20 rings (SSSR count). The zero-order valence-corrected chi connectivity index (χ0v) is 84.7. The Morgan fingerprint density at radius 1 is 0.413 bits per heavy atom. The fraction of sp³-hybridized carbons (Fsp3) is 0.347. The highest BCUT2D eigenvalue weighted by Crippen LogP contribution is 2.42. The van der Waals surface area contributed by atoms with E-state index in [1.54, 1.807) is 42.1 Å². The number of fused-ring (bicyclic) bond motifs is 7. The number of ether oxygens (including phenoxy) is 1. The van der Waals surface area contributed by atoms with E-state index in [-0.39, 0.29) is 102 Å². The monoisotopic (exact) mass is 1960 g/mol. The number of aliphatic hydroxyl groups excluding tert-OH is 5. The Hall–Kier alpha value is -12.6. The number of nitrogens with zero attached hydrogens (tertiary/aromatic N) is 4. The summed E-state index contributed by atoms with van der Waals surface area (Å²) < 4.78 is 32.5. The lowest BCUT2D eigenvalue weighted by molar-refractivity contribution is -0.133. The molecule has 1 saturated heterocycles. The number of hydrogen-bond acceptors (Lipinski definition) is 19. The summed E-state index contributed by atoms with van der Waals surface area (Å²) in [6.07, 6.45) is 21.4. The Bertz CT molecular complexity index is 6800. The predicted octanol–water partition coefficient (Wildman–Crippen LogP) is 19.9. The van der Waals surface area contributed by atoms with Crippen molar-refractivity contribution in [3.05, 3.63) is 326 Å². The third-order valence-electron chi connectivity index (χ3n) is 29.7. The highest BCUT2D eigenvalue weighted by molar-refractivity contribution is 7.89. The lowest BCUT2D eigenvalue weighted by atomic mass is 9.80. The molecule has 744 valence electrons. The van der Waals surface area contributed by atoms with E-state index >= 15 is 0 Å². The van der Waals surface area contributed by atoms with Gasteiger partial charge in [0.15, 0.2) is 28.9 Å². The quantitative estimate of drug-likeness (QED) is 0.0218. The van der Waals surface area contributed by atoms with E-state index in [1.165, 1.54) is 170 Å². The van der Waals surface area contributed by atoms with Gasteiger partial charge in [-0.05, 0) is 335 Å². The number of anilines is 2. The van der Waals surface area contributed by atoms with Gasteiger partial charge in [-0.15, -0.1) is 11.3 Å². The van der Waals surface area contributed by atoms with Gasteiger partial charge in [0.2, 0.25) is 15.9 Å². The second kappa shape index (κ2) is 49.1. The van der Waals surface area contributed by atoms with Crippen LogP contribution in [0.4, 0.5) is 11.5 Å². The van der Waals surface area contributed by atoms with Gasteiger partial charge in [0.1, 0.15) is 44.6 Å². The second-order valence-corrected chi connectivity index (χ2v) is 42.3. The van der Waals surface area contributed by atoms with Crippen LogP contribution in [0.3, 0.4) is 0 Å². The first-order chi connectivity index (χ1) is 69.2. The fourth-order valence-electron chi connectivity index (χ4n) is 21.1. The number of methoxy groups -OCH3 is 1. The van der Waals surface area contributed by atoms with E-state index in [0.29, 0.717) is 12.8 Å². The molecule has 1 aliphatic heterocycles. The van der Waals surface area contributed by atoms with Crippen molar-refractivity contribution in [1.29, 1.82) is 0 Å². The molecule has 0 saturated carbocycles. The van der Waals surface area contributed by atoms with E-state index in [2.05, 4.69) is 222 Å². The van der Waals surface area contributed by atoms with E-state index in [4.69, 9.17) is 35.5 Å². The van der Waals surface area contributed by atoms with E-state index < -0.39 is 16.6 Å². The topological polar surface area (TPSA) is 302 Å². The minimum absolute atomic E-state index is 0.0188. The van der Waals surface area contributed by atoms with Crippen LogP contribution in [-0.2, 0) is 122 Å². The van der Waals surface area contributed by atoms with E-state index in [1.807, 2.05) is 50.6 Å². The zero-order chi connectivity index (χ0) is 101. The molecule has 2 aromatic heterocycles. The molecule has 0 radical (unpaired) electrons. The number of aliphatic hydroxyl groups is 5. The van der Waals surface area contributed by atoms with Crippen LogP contribution in [-0.4, -0.2) is 165 Å². The van der Waals surface area contributed by atoms with Gasteiger partial charge in [0.25, 0.3) is 0 Å². The number of aromatic nitrogens is 1. The normalized spacial score (nSPS) is 17.4. The molecule has 22 heteroatoms. The number of ketones is 5. The molecule has 6 unspecified atom stereocenters. The minimum Gasteiger partial charge on any atom is -0.497 e. The maximum atomic E-state index is 12.4. The molecule has 11 aromatic carbocycles. The van der Waals surface area contributed by atoms with Crippen molar-refractivity contribution in [2.75, 3.05) is 91.2 Å². The van der Waals surface area contributed by atoms with Gasteiger partial charge in [-0.2, -0.15) is 0 Å². The molecule has 20 nitrogen and oxygen atoms in total. The summed E-state index contributed by atoms with van der Waals surface area (Å²) in [6, 6.07) is 81.8. The maximum absolute atomic E-state index is 12.4. The van der Waals surface area contributed by atoms with Crippen molar-refractivity contribution in [3.63, 3.8) is 0 Å². The van der Waals surface area contributed by atoms with Crippen molar-refractivity contribution in [1.82, 2.24) is 14.8 Å². The summed E-state index contributed by atoms with van der Waals surface area (Å²) in [5.74, 6) is 1.00. The first-order valence-corrected chi connectivity index (χ1v) is 52.6. The summed E-state index contributed by atoms with van der Waals surface area (Å²) in [4.78, 5) is 80.0. The molecule has 1 amide bonds. The van der Waals surface area contributed by atoms with Gasteiger partial charge in [-0.3, -0.25) is 34.0 Å². The number of hydroxylamine groups is 1. The summed E-state index contributed by atoms with van der Waals surface area (Å²) in [6.45, 7) is 4.70. The largest absolute Gasteiger partial charge is 0.497 e. The molecule has 143 heavy (non-hydrogen) atoms. The summed E-state index contributed by atoms with van der Waals surface area (Å²) in [7, 11) is 5.28. The van der Waals surface area contributed by atoms with Gasteiger partial charge < -0.3 is 40.1 Å². The average molecular weight is 1960 g/mol. The summed E-state index contributed by atoms with van der Waals surface area (Å²) in [5.41, 5.74) is 34.3. The van der Waals surface area contributed by atoms with Gasteiger partial charge in [0, 0.05) is 110 Å². The molecular weight excluding hydrogens is 1830 g/mol. The minimum atomic E-state index is -3.49. The number of thiophene rings is 1. The molecule has 6 aliphatic carbocycles. The lowest BCUT2D eigenvalue weighted by Gasteiger charge is -2.24. The Morgan fingerprint density at radius 2 is 0.790 bits per heavy atom. The Labute approximate surface area is 844 Å². The van der Waals surface area contributed by atoms with Crippen LogP contribution in [0.25, 0.3) is 76.8 Å². The third kappa shape index (κ3) is 26.0. The van der Waals surface area contributed by atoms with Crippen LogP contribution in [0.1, 0.15) is 143 Å². The number of rotatable bonds is 24. The molecule has 0 bridgehead atoms. The number of carbonyl (C=O) groups is 6. The molecule has 7 N–H and O–H groups in total. The highest BCUT2D eigenvalue weighted by Gasteiger charge is 2.32. The summed E-state index contributed by atoms with van der Waals surface area (Å²) in [5, 5.41) is 57.8. The zero-order valence-electron chi connectivity index (χ0n) is 83.1. The van der Waals surface area contributed by atoms with Gasteiger partial charge >= 0.3 is 0 Å². The van der Waals surface area contributed by atoms with Gasteiger partial charge in [0.05, 0.1) is 12.0 Å². The van der Waals surface area contributed by atoms with Crippen LogP contribution in [0.5, 0.6) is 5.75 Å². The average Bonchev–Trinajstić information content (AvgIpc) is 1.61. The maximum Gasteiger partial charge on any atom is 0.246 e. The van der Waals surface area contributed by atoms with Crippen molar-refractivity contribution in [2.45, 2.75) is 160 Å². The van der Waals surface area contributed by atoms with Gasteiger partial charge in [-0.25, -0.2) is 23.2 Å². The predicted molar refractivity (Wildman–Crippen MR) is 570 cm³/mol. The lowest BCUT2D eigenvalue weighted by Crippen LogP contribution is -2.31. The van der Waals surface area contributed by atoms with Crippen LogP contribution >= 0.6 is 11.3 Å². The van der Waals surface area contributed by atoms with Crippen molar-refractivity contribution in [3.8, 4) is 72.5 Å². The number of pyridine rings is 1. The SMILES string of the molecule is CCCc1ccc(-c2ccc3c(c2)CC(C(=O)CO)CC3)cc1.CN(C)S(=O)(=O)c1cccc(-c2ccc3c(c2)CC(C(=O)CO)CC3)c1.CN(C)c1ccc(-c2ccc3c(c2)CC(C(=O)CO)CC3)cc1.COc1ccc(-c2ccc3c(c2)CC(C(=O)CO)CC3)c(C)c1.O=C(CO)C1CCc2ccc(-c3ccc(N4CCCC4)nc3)cc2C1.O=C(NO)C1CCc2ccc(-c3csc4ccccc34)cc2C1. The van der Waals surface area contributed by atoms with Crippen molar-refractivity contribution in [2.24, 2.45) is 35.5 Å². The van der Waals surface area contributed by atoms with Crippen LogP contribution < -0.4 is 20.0 Å². The number of sulfonamides is 1. The van der Waals surface area contributed by atoms with Crippen LogP contribution in [0.15, 0.2) is 253 Å². The smallest absolute Gasteiger partial charge is 0.246 e. The number of hydrogen-bond donors (Lipinski definition) is 7. The number of nitrogens with one attached hydrogen (secondary N) is 1. The highest BCUT2D eigenvalue weighted by atomic mass is 32.2. The molecule has 13 aromatic rings. The number of aryl methyl sites for hydroxylation is 8. The number of Topliss-reactive ketones (excluding diaryl/α,β-unsaturated/α-hetero) is 5. The number of carbonyl (C=O) groups excluding carboxylic acids is 6. The Balaban J connectivity index is 0.000000129. The van der Waals surface area contributed by atoms with Crippen molar-refractivity contribution < 1.29 is 72.7 Å². The standard InChI is InChI=1S/C21H24N2O2.C21H24O2.C20H23NO4S.C20H23NO2.C20H22O3.C19H17NO2S/c24-14-20(25)17-6-4-15-3-5-16(11-19(15)12-17)18-7-8-21(22-13-18)23-9-1-2-10-23;1-2-3-15-4-6-16(7-5-15)18-10-8-17-9-11-19(21(23)14-22)13-20(17)12-18;1-21(2)26(24,25)19-5-3-4-15(12-19)16-8-6-14-7-9-17(20(23)13-22)11-18(14)10-16;1-21(2)19-9-7-14(8-10-19)16-5-3-15-4-6-17(20(23)13-22)12-18(15)11-16;1-13-9-18(23-2)7-8-19(13)15-5-3-14-4-6-16(20(22)12-21)11-17(14)10-15;21-19(20-22)14-8-6-12-5-7-13(9-15(12)10-14)17-11-23-18-4-2-1-3-16(17)18/h3,5,7-8,11,13,17,24H,1-2,4,6,9-10,12,14H2;4-8,10,12,19,22H,2-3,9,11,13-14H2,1H3;3-6,8,10,12,17,22H,7,9,11,13H2,1-2H3;3,5,7-11,17,22H,4,6,12-13H2,1-2H3;3,5,7-10,16,21H,4,6,11-12H2,1-2H3;1-5,7,9,11,14,22H,6,8,10H2,(H,20,21). The fourth-order valence-corrected chi connectivity index (χ4v) is 23.0. The summed E-state index contributed by atoms with van der Waals surface area (Å²) >= 11 is 1.76. The molecule has 3 heterocycles. The van der Waals surface area contributed by atoms with Crippen LogP contribution in [0.2, 0.25) is 0 Å². The molecule has 1 fully saturated rings.